The number of benzene rings is 2. The number of nitrogens with one attached hydrogen (secondary N) is 1. The van der Waals surface area contributed by atoms with Crippen molar-refractivity contribution in [2.24, 2.45) is 0 Å². The molecule has 0 spiro atoms. The maximum Gasteiger partial charge on any atom is 0.200 e. The monoisotopic (exact) mass is 275 g/mol. The lowest BCUT2D eigenvalue weighted by Gasteiger charge is -2.20. The summed E-state index contributed by atoms with van der Waals surface area (Å²) in [6.45, 7) is 2.29. The Morgan fingerprint density at radius 2 is 1.70 bits per heavy atom. The standard InChI is InChI=1S/C15H17NO4/c1-2-20-16-13(10-6-4-3-5-7-10)11-8-9-12(17)15(19)14(11)18/h3-9,13,16-19H,2H2,1H3. The van der Waals surface area contributed by atoms with Crippen LogP contribution in [0.5, 0.6) is 17.2 Å². The molecule has 1 atom stereocenters. The Labute approximate surface area is 117 Å². The molecule has 0 saturated carbocycles. The summed E-state index contributed by atoms with van der Waals surface area (Å²) in [7, 11) is 0. The van der Waals surface area contributed by atoms with Gasteiger partial charge in [-0.2, -0.15) is 5.48 Å². The van der Waals surface area contributed by atoms with Gasteiger partial charge in [-0.25, -0.2) is 0 Å². The normalized spacial score (nSPS) is 12.2. The quantitative estimate of drug-likeness (QED) is 0.497. The summed E-state index contributed by atoms with van der Waals surface area (Å²) in [5.41, 5.74) is 4.12. The molecule has 5 nitrogen and oxygen atoms in total. The van der Waals surface area contributed by atoms with Crippen LogP contribution < -0.4 is 5.48 Å². The minimum absolute atomic E-state index is 0.366. The molecule has 5 heteroatoms. The predicted octanol–water partition coefficient (Wildman–Crippen LogP) is 2.43. The second kappa shape index (κ2) is 6.27. The highest BCUT2D eigenvalue weighted by Gasteiger charge is 2.21. The van der Waals surface area contributed by atoms with Crippen LogP contribution in [-0.2, 0) is 4.84 Å². The minimum Gasteiger partial charge on any atom is -0.504 e. The Bertz CT molecular complexity index is 572. The molecule has 0 aliphatic heterocycles. The van der Waals surface area contributed by atoms with Gasteiger partial charge >= 0.3 is 0 Å². The number of hydrogen-bond donors (Lipinski definition) is 4. The van der Waals surface area contributed by atoms with Crippen LogP contribution in [0.1, 0.15) is 24.1 Å². The van der Waals surface area contributed by atoms with E-state index < -0.39 is 11.8 Å². The molecule has 0 aliphatic carbocycles. The van der Waals surface area contributed by atoms with Crippen LogP contribution in [-0.4, -0.2) is 21.9 Å². The molecule has 0 radical (unpaired) electrons. The van der Waals surface area contributed by atoms with Gasteiger partial charge in [-0.3, -0.25) is 0 Å². The lowest BCUT2D eigenvalue weighted by atomic mass is 9.98. The van der Waals surface area contributed by atoms with Gasteiger partial charge in [0.2, 0.25) is 5.75 Å². The first-order chi connectivity index (χ1) is 9.65. The third-order valence-corrected chi connectivity index (χ3v) is 2.95. The molecule has 20 heavy (non-hydrogen) atoms. The van der Waals surface area contributed by atoms with Crippen LogP contribution >= 0.6 is 0 Å². The molecular formula is C15H17NO4. The second-order valence-corrected chi connectivity index (χ2v) is 4.27. The molecule has 2 aromatic carbocycles. The highest BCUT2D eigenvalue weighted by molar-refractivity contribution is 5.55. The minimum atomic E-state index is -0.540. The fraction of sp³-hybridized carbons (Fsp3) is 0.200. The summed E-state index contributed by atoms with van der Waals surface area (Å²) in [5.74, 6) is -1.28. The zero-order valence-electron chi connectivity index (χ0n) is 11.1. The van der Waals surface area contributed by atoms with Gasteiger partial charge in [-0.15, -0.1) is 0 Å². The topological polar surface area (TPSA) is 82.0 Å². The average molecular weight is 275 g/mol. The van der Waals surface area contributed by atoms with Crippen molar-refractivity contribution in [2.45, 2.75) is 13.0 Å². The van der Waals surface area contributed by atoms with Crippen molar-refractivity contribution in [1.82, 2.24) is 5.48 Å². The molecule has 0 heterocycles. The van der Waals surface area contributed by atoms with E-state index in [1.807, 2.05) is 37.3 Å². The third-order valence-electron chi connectivity index (χ3n) is 2.95. The van der Waals surface area contributed by atoms with Gasteiger partial charge in [-0.1, -0.05) is 30.3 Å². The Balaban J connectivity index is 2.44. The van der Waals surface area contributed by atoms with Crippen molar-refractivity contribution < 1.29 is 20.2 Å². The SMILES string of the molecule is CCONC(c1ccccc1)c1ccc(O)c(O)c1O. The van der Waals surface area contributed by atoms with Crippen molar-refractivity contribution in [2.75, 3.05) is 6.61 Å². The molecule has 4 N–H and O–H groups in total. The van der Waals surface area contributed by atoms with Crippen molar-refractivity contribution >= 4 is 0 Å². The summed E-state index contributed by atoms with van der Waals surface area (Å²) in [6.07, 6.45) is 0. The van der Waals surface area contributed by atoms with E-state index in [1.54, 1.807) is 0 Å². The van der Waals surface area contributed by atoms with E-state index in [2.05, 4.69) is 5.48 Å². The van der Waals surface area contributed by atoms with Gasteiger partial charge in [0, 0.05) is 5.56 Å². The van der Waals surface area contributed by atoms with Gasteiger partial charge in [-0.05, 0) is 24.6 Å². The lowest BCUT2D eigenvalue weighted by molar-refractivity contribution is 0.0328. The predicted molar refractivity (Wildman–Crippen MR) is 74.5 cm³/mol. The largest absolute Gasteiger partial charge is 0.504 e. The zero-order valence-corrected chi connectivity index (χ0v) is 11.1. The Morgan fingerprint density at radius 1 is 1.00 bits per heavy atom. The van der Waals surface area contributed by atoms with E-state index in [0.717, 1.165) is 5.56 Å². The second-order valence-electron chi connectivity index (χ2n) is 4.27. The smallest absolute Gasteiger partial charge is 0.200 e. The van der Waals surface area contributed by atoms with Crippen LogP contribution in [0.4, 0.5) is 0 Å². The van der Waals surface area contributed by atoms with E-state index in [1.165, 1.54) is 12.1 Å². The average Bonchev–Trinajstić information content (AvgIpc) is 2.48. The van der Waals surface area contributed by atoms with E-state index >= 15 is 0 Å². The van der Waals surface area contributed by atoms with Crippen LogP contribution in [0, 0.1) is 0 Å². The Morgan fingerprint density at radius 3 is 2.35 bits per heavy atom. The van der Waals surface area contributed by atoms with Crippen molar-refractivity contribution in [3.63, 3.8) is 0 Å². The molecule has 2 aromatic rings. The van der Waals surface area contributed by atoms with Gasteiger partial charge in [0.15, 0.2) is 11.5 Å². The molecule has 0 aromatic heterocycles. The zero-order chi connectivity index (χ0) is 14.5. The summed E-state index contributed by atoms with van der Waals surface area (Å²) in [4.78, 5) is 5.22. The van der Waals surface area contributed by atoms with Gasteiger partial charge in [0.25, 0.3) is 0 Å². The van der Waals surface area contributed by atoms with Crippen molar-refractivity contribution in [3.8, 4) is 17.2 Å². The number of hydrogen-bond acceptors (Lipinski definition) is 5. The van der Waals surface area contributed by atoms with E-state index in [-0.39, 0.29) is 11.5 Å². The molecule has 106 valence electrons. The first-order valence-electron chi connectivity index (χ1n) is 6.31. The van der Waals surface area contributed by atoms with Crippen LogP contribution in [0.3, 0.4) is 0 Å². The van der Waals surface area contributed by atoms with Crippen molar-refractivity contribution in [3.05, 3.63) is 53.6 Å². The maximum atomic E-state index is 10.0. The molecule has 0 saturated heterocycles. The van der Waals surface area contributed by atoms with E-state index in [9.17, 15) is 15.3 Å². The summed E-state index contributed by atoms with van der Waals surface area (Å²) in [6, 6.07) is 11.8. The number of phenols is 3. The molecule has 1 unspecified atom stereocenters. The van der Waals surface area contributed by atoms with Gasteiger partial charge < -0.3 is 20.2 Å². The van der Waals surface area contributed by atoms with Crippen LogP contribution in [0.2, 0.25) is 0 Å². The van der Waals surface area contributed by atoms with E-state index in [0.29, 0.717) is 12.2 Å². The third kappa shape index (κ3) is 2.84. The number of phenolic OH excluding ortho intramolecular Hbond substituents is 3. The van der Waals surface area contributed by atoms with Crippen molar-refractivity contribution in [1.29, 1.82) is 0 Å². The molecule has 0 bridgehead atoms. The lowest BCUT2D eigenvalue weighted by Crippen LogP contribution is -2.22. The highest BCUT2D eigenvalue weighted by Crippen LogP contribution is 2.41. The molecular weight excluding hydrogens is 258 g/mol. The molecule has 0 amide bonds. The summed E-state index contributed by atoms with van der Waals surface area (Å²) < 4.78 is 0. The number of hydroxylamine groups is 1. The first kappa shape index (κ1) is 14.2. The Hall–Kier alpha value is -2.24. The molecule has 0 fully saturated rings. The first-order valence-corrected chi connectivity index (χ1v) is 6.31. The molecule has 0 aliphatic rings. The van der Waals surface area contributed by atoms with Crippen LogP contribution in [0.25, 0.3) is 0 Å². The highest BCUT2D eigenvalue weighted by atomic mass is 16.6. The Kier molecular flexibility index (Phi) is 4.45. The fourth-order valence-corrected chi connectivity index (χ4v) is 1.94. The molecule has 2 rings (SSSR count). The number of rotatable bonds is 5. The van der Waals surface area contributed by atoms with E-state index in [4.69, 9.17) is 4.84 Å². The summed E-state index contributed by atoms with van der Waals surface area (Å²) >= 11 is 0. The van der Waals surface area contributed by atoms with Gasteiger partial charge in [0.05, 0.1) is 12.6 Å². The maximum absolute atomic E-state index is 10.0. The fourth-order valence-electron chi connectivity index (χ4n) is 1.94. The summed E-state index contributed by atoms with van der Waals surface area (Å²) in [5, 5.41) is 29.0. The van der Waals surface area contributed by atoms with Crippen LogP contribution in [0.15, 0.2) is 42.5 Å². The van der Waals surface area contributed by atoms with Gasteiger partial charge in [0.1, 0.15) is 0 Å². The number of aromatic hydroxyl groups is 3.